The molecule has 0 unspecified atom stereocenters. The van der Waals surface area contributed by atoms with Gasteiger partial charge in [0.25, 0.3) is 0 Å². The number of carbonyl (C=O) groups is 1. The van der Waals surface area contributed by atoms with E-state index in [9.17, 15) is 18.0 Å². The van der Waals surface area contributed by atoms with Crippen LogP contribution >= 0.6 is 11.6 Å². The third kappa shape index (κ3) is 5.49. The van der Waals surface area contributed by atoms with Crippen LogP contribution in [0.3, 0.4) is 0 Å². The van der Waals surface area contributed by atoms with Crippen LogP contribution in [0.4, 0.5) is 18.0 Å². The van der Waals surface area contributed by atoms with Crippen LogP contribution in [-0.4, -0.2) is 23.9 Å². The van der Waals surface area contributed by atoms with E-state index in [-0.39, 0.29) is 22.7 Å². The van der Waals surface area contributed by atoms with Crippen molar-refractivity contribution in [1.82, 2.24) is 10.3 Å². The maximum Gasteiger partial charge on any atom is 0.412 e. The molecule has 1 aromatic heterocycles. The molecule has 1 amide bonds. The summed E-state index contributed by atoms with van der Waals surface area (Å²) in [4.78, 5) is 15.7. The van der Waals surface area contributed by atoms with E-state index in [2.05, 4.69) is 4.98 Å². The molecular formula is C17H18ClF3N2O2. The van der Waals surface area contributed by atoms with Gasteiger partial charge in [-0.2, -0.15) is 13.2 Å². The van der Waals surface area contributed by atoms with Crippen molar-refractivity contribution in [3.8, 4) is 0 Å². The van der Waals surface area contributed by atoms with Gasteiger partial charge in [0.2, 0.25) is 0 Å². The van der Waals surface area contributed by atoms with Gasteiger partial charge in [0.1, 0.15) is 5.15 Å². The van der Waals surface area contributed by atoms with Crippen LogP contribution in [0.5, 0.6) is 0 Å². The monoisotopic (exact) mass is 374 g/mol. The number of ether oxygens (including phenoxy) is 1. The molecular weight excluding hydrogens is 357 g/mol. The maximum atomic E-state index is 13.4. The van der Waals surface area contributed by atoms with E-state index in [4.69, 9.17) is 16.3 Å². The Hall–Kier alpha value is -2.02. The highest BCUT2D eigenvalue weighted by Gasteiger charge is 2.42. The topological polar surface area (TPSA) is 51.2 Å². The van der Waals surface area contributed by atoms with Gasteiger partial charge in [0, 0.05) is 11.6 Å². The SMILES string of the molecule is CC(C)(C)COC(=O)N[C@@H](c1ccc2cnc(Cl)cc2c1)C(F)(F)F. The van der Waals surface area contributed by atoms with Crippen molar-refractivity contribution in [3.63, 3.8) is 0 Å². The summed E-state index contributed by atoms with van der Waals surface area (Å²) in [5, 5.41) is 3.20. The van der Waals surface area contributed by atoms with Gasteiger partial charge in [0.15, 0.2) is 6.04 Å². The Balaban J connectivity index is 2.27. The summed E-state index contributed by atoms with van der Waals surface area (Å²) in [5.74, 6) is 0. The van der Waals surface area contributed by atoms with Gasteiger partial charge in [-0.15, -0.1) is 0 Å². The lowest BCUT2D eigenvalue weighted by atomic mass is 9.99. The Labute approximate surface area is 148 Å². The fraction of sp³-hybridized carbons (Fsp3) is 0.412. The Morgan fingerprint density at radius 1 is 1.24 bits per heavy atom. The first-order valence-corrected chi connectivity index (χ1v) is 7.89. The number of pyridine rings is 1. The second-order valence-electron chi connectivity index (χ2n) is 6.87. The molecule has 25 heavy (non-hydrogen) atoms. The van der Waals surface area contributed by atoms with Crippen molar-refractivity contribution in [2.45, 2.75) is 33.0 Å². The van der Waals surface area contributed by atoms with Crippen molar-refractivity contribution in [3.05, 3.63) is 41.2 Å². The van der Waals surface area contributed by atoms with E-state index in [0.29, 0.717) is 10.8 Å². The molecule has 0 aliphatic heterocycles. The lowest BCUT2D eigenvalue weighted by molar-refractivity contribution is -0.156. The number of halogens is 4. The number of fused-ring (bicyclic) bond motifs is 1. The third-order valence-electron chi connectivity index (χ3n) is 3.27. The lowest BCUT2D eigenvalue weighted by Gasteiger charge is -2.24. The predicted molar refractivity (Wildman–Crippen MR) is 89.5 cm³/mol. The molecule has 0 aliphatic rings. The third-order valence-corrected chi connectivity index (χ3v) is 3.48. The van der Waals surface area contributed by atoms with Crippen LogP contribution in [0.2, 0.25) is 5.15 Å². The number of alkyl halides is 3. The molecule has 2 aromatic rings. The predicted octanol–water partition coefficient (Wildman–Crippen LogP) is 5.26. The number of rotatable bonds is 3. The van der Waals surface area contributed by atoms with Crippen LogP contribution in [-0.2, 0) is 4.74 Å². The van der Waals surface area contributed by atoms with Gasteiger partial charge >= 0.3 is 12.3 Å². The summed E-state index contributed by atoms with van der Waals surface area (Å²) in [5.41, 5.74) is -0.465. The molecule has 0 spiro atoms. The highest BCUT2D eigenvalue weighted by atomic mass is 35.5. The lowest BCUT2D eigenvalue weighted by Crippen LogP contribution is -2.39. The van der Waals surface area contributed by atoms with Gasteiger partial charge in [-0.1, -0.05) is 44.5 Å². The zero-order valence-corrected chi connectivity index (χ0v) is 14.7. The summed E-state index contributed by atoms with van der Waals surface area (Å²) in [6.07, 6.45) is -4.33. The van der Waals surface area contributed by atoms with Crippen molar-refractivity contribution < 1.29 is 22.7 Å². The zero-order chi connectivity index (χ0) is 18.8. The molecule has 0 bridgehead atoms. The van der Waals surface area contributed by atoms with E-state index < -0.39 is 18.3 Å². The molecule has 1 aromatic carbocycles. The summed E-state index contributed by atoms with van der Waals surface area (Å²) >= 11 is 5.79. The molecule has 8 heteroatoms. The highest BCUT2D eigenvalue weighted by Crippen LogP contribution is 2.34. The molecule has 1 atom stereocenters. The first-order chi connectivity index (χ1) is 11.5. The number of hydrogen-bond acceptors (Lipinski definition) is 3. The first-order valence-electron chi connectivity index (χ1n) is 7.51. The van der Waals surface area contributed by atoms with E-state index in [1.807, 2.05) is 26.1 Å². The van der Waals surface area contributed by atoms with Gasteiger partial charge in [0.05, 0.1) is 6.61 Å². The summed E-state index contributed by atoms with van der Waals surface area (Å²) in [6.45, 7) is 5.43. The largest absolute Gasteiger partial charge is 0.449 e. The Morgan fingerprint density at radius 2 is 1.92 bits per heavy atom. The average molecular weight is 375 g/mol. The first kappa shape index (κ1) is 19.3. The number of amides is 1. The van der Waals surface area contributed by atoms with Crippen LogP contribution in [0.1, 0.15) is 32.4 Å². The molecule has 136 valence electrons. The molecule has 1 heterocycles. The second-order valence-corrected chi connectivity index (χ2v) is 7.26. The average Bonchev–Trinajstić information content (AvgIpc) is 2.48. The van der Waals surface area contributed by atoms with E-state index in [0.717, 1.165) is 0 Å². The van der Waals surface area contributed by atoms with Gasteiger partial charge in [-0.3, -0.25) is 0 Å². The standard InChI is InChI=1S/C17H18ClF3N2O2/c1-16(2,3)9-25-15(24)23-14(17(19,20)21)10-4-5-11-8-22-13(18)7-12(11)6-10/h4-8,14H,9H2,1-3H3,(H,23,24)/t14-/m0/s1. The zero-order valence-electron chi connectivity index (χ0n) is 13.9. The van der Waals surface area contributed by atoms with Gasteiger partial charge < -0.3 is 10.1 Å². The molecule has 0 saturated carbocycles. The van der Waals surface area contributed by atoms with Crippen LogP contribution < -0.4 is 5.32 Å². The van der Waals surface area contributed by atoms with E-state index >= 15 is 0 Å². The number of aromatic nitrogens is 1. The number of benzene rings is 1. The van der Waals surface area contributed by atoms with Crippen molar-refractivity contribution >= 4 is 28.5 Å². The molecule has 2 rings (SSSR count). The number of nitrogens with zero attached hydrogens (tertiary/aromatic N) is 1. The van der Waals surface area contributed by atoms with Crippen LogP contribution in [0, 0.1) is 5.41 Å². The van der Waals surface area contributed by atoms with Crippen molar-refractivity contribution in [2.24, 2.45) is 5.41 Å². The van der Waals surface area contributed by atoms with Gasteiger partial charge in [-0.25, -0.2) is 9.78 Å². The van der Waals surface area contributed by atoms with Crippen LogP contribution in [0.15, 0.2) is 30.5 Å². The van der Waals surface area contributed by atoms with Crippen LogP contribution in [0.25, 0.3) is 10.8 Å². The maximum absolute atomic E-state index is 13.4. The number of nitrogens with one attached hydrogen (secondary N) is 1. The molecule has 0 fully saturated rings. The molecule has 0 radical (unpaired) electrons. The molecule has 4 nitrogen and oxygen atoms in total. The molecule has 0 saturated heterocycles. The number of alkyl carbamates (subject to hydrolysis) is 1. The Kier molecular flexibility index (Phi) is 5.46. The van der Waals surface area contributed by atoms with Gasteiger partial charge in [-0.05, 0) is 28.5 Å². The fourth-order valence-electron chi connectivity index (χ4n) is 2.11. The van der Waals surface area contributed by atoms with Crippen molar-refractivity contribution in [2.75, 3.05) is 6.61 Å². The molecule has 0 aliphatic carbocycles. The molecule has 1 N–H and O–H groups in total. The minimum Gasteiger partial charge on any atom is -0.449 e. The Bertz CT molecular complexity index is 773. The second kappa shape index (κ2) is 7.07. The minimum atomic E-state index is -4.68. The normalized spacial score (nSPS) is 13.6. The fourth-order valence-corrected chi connectivity index (χ4v) is 2.27. The minimum absolute atomic E-state index is 0.00239. The van der Waals surface area contributed by atoms with E-state index in [1.165, 1.54) is 30.5 Å². The highest BCUT2D eigenvalue weighted by molar-refractivity contribution is 6.30. The van der Waals surface area contributed by atoms with E-state index in [1.54, 1.807) is 0 Å². The van der Waals surface area contributed by atoms with Crippen molar-refractivity contribution in [1.29, 1.82) is 0 Å². The summed E-state index contributed by atoms with van der Waals surface area (Å²) in [6, 6.07) is 3.39. The summed E-state index contributed by atoms with van der Waals surface area (Å²) < 4.78 is 45.1. The summed E-state index contributed by atoms with van der Waals surface area (Å²) in [7, 11) is 0. The number of carbonyl (C=O) groups excluding carboxylic acids is 1. The number of hydrogen-bond donors (Lipinski definition) is 1. The quantitative estimate of drug-likeness (QED) is 0.745. The Morgan fingerprint density at radius 3 is 2.52 bits per heavy atom. The smallest absolute Gasteiger partial charge is 0.412 e.